The number of aryl methyl sites for hydroxylation is 1. The van der Waals surface area contributed by atoms with Crippen molar-refractivity contribution in [3.63, 3.8) is 0 Å². The first kappa shape index (κ1) is 17.8. The van der Waals surface area contributed by atoms with Crippen molar-refractivity contribution >= 4 is 11.7 Å². The van der Waals surface area contributed by atoms with Gasteiger partial charge in [0.15, 0.2) is 5.60 Å². The van der Waals surface area contributed by atoms with E-state index in [9.17, 15) is 4.79 Å². The van der Waals surface area contributed by atoms with Gasteiger partial charge in [-0.05, 0) is 47.7 Å². The lowest BCUT2D eigenvalue weighted by molar-refractivity contribution is 0.0224. The van der Waals surface area contributed by atoms with Gasteiger partial charge in [0.05, 0.1) is 5.56 Å². The molecular formula is C25H23NO3. The molecule has 146 valence electrons. The summed E-state index contributed by atoms with van der Waals surface area (Å²) in [6.07, 6.45) is 0. The summed E-state index contributed by atoms with van der Waals surface area (Å²) >= 11 is 0. The van der Waals surface area contributed by atoms with E-state index >= 15 is 0 Å². The average Bonchev–Trinajstić information content (AvgIpc) is 2.93. The van der Waals surface area contributed by atoms with Gasteiger partial charge in [-0.2, -0.15) is 0 Å². The van der Waals surface area contributed by atoms with Gasteiger partial charge in [0.25, 0.3) is 0 Å². The molecule has 29 heavy (non-hydrogen) atoms. The van der Waals surface area contributed by atoms with Crippen LogP contribution in [0, 0.1) is 6.92 Å². The number of anilines is 1. The van der Waals surface area contributed by atoms with E-state index in [0.29, 0.717) is 22.7 Å². The van der Waals surface area contributed by atoms with Gasteiger partial charge in [0, 0.05) is 28.4 Å². The van der Waals surface area contributed by atoms with E-state index in [2.05, 4.69) is 26.8 Å². The largest absolute Gasteiger partial charge is 0.456 e. The summed E-state index contributed by atoms with van der Waals surface area (Å²) in [5.41, 5.74) is 10.8. The Morgan fingerprint density at radius 1 is 0.862 bits per heavy atom. The summed E-state index contributed by atoms with van der Waals surface area (Å²) in [5.74, 6) is 0.981. The SMILES string of the molecule is Cc1ccc2c(c1)Oc1cc(N)ccc1C21OC(=O)c2cc(C(C)(C)C)ccc21. The second-order valence-electron chi connectivity index (χ2n) is 8.94. The highest BCUT2D eigenvalue weighted by atomic mass is 16.6. The molecule has 1 unspecified atom stereocenters. The molecule has 0 radical (unpaired) electrons. The second-order valence-corrected chi connectivity index (χ2v) is 8.94. The highest BCUT2D eigenvalue weighted by molar-refractivity contribution is 5.97. The first-order chi connectivity index (χ1) is 13.7. The average molecular weight is 385 g/mol. The lowest BCUT2D eigenvalue weighted by Gasteiger charge is -2.36. The lowest BCUT2D eigenvalue weighted by Crippen LogP contribution is -2.33. The number of nitrogen functional groups attached to an aromatic ring is 1. The molecule has 0 saturated heterocycles. The quantitative estimate of drug-likeness (QED) is 0.413. The summed E-state index contributed by atoms with van der Waals surface area (Å²) in [6, 6.07) is 17.6. The van der Waals surface area contributed by atoms with E-state index < -0.39 is 5.60 Å². The molecule has 0 saturated carbocycles. The lowest BCUT2D eigenvalue weighted by atomic mass is 9.76. The van der Waals surface area contributed by atoms with Gasteiger partial charge >= 0.3 is 5.97 Å². The smallest absolute Gasteiger partial charge is 0.340 e. The Morgan fingerprint density at radius 2 is 1.52 bits per heavy atom. The Morgan fingerprint density at radius 3 is 2.24 bits per heavy atom. The number of fused-ring (bicyclic) bond motifs is 6. The van der Waals surface area contributed by atoms with Gasteiger partial charge in [-0.3, -0.25) is 0 Å². The Bertz CT molecular complexity index is 1140. The number of rotatable bonds is 0. The first-order valence-electron chi connectivity index (χ1n) is 9.77. The molecule has 0 fully saturated rings. The molecule has 3 aromatic carbocycles. The zero-order valence-corrected chi connectivity index (χ0v) is 17.0. The predicted molar refractivity (Wildman–Crippen MR) is 113 cm³/mol. The fraction of sp³-hybridized carbons (Fsp3) is 0.240. The maximum absolute atomic E-state index is 13.1. The molecule has 4 nitrogen and oxygen atoms in total. The zero-order valence-electron chi connectivity index (χ0n) is 17.0. The Hall–Kier alpha value is -3.27. The topological polar surface area (TPSA) is 61.6 Å². The molecular weight excluding hydrogens is 362 g/mol. The van der Waals surface area contributed by atoms with Crippen LogP contribution in [0.5, 0.6) is 11.5 Å². The molecule has 1 atom stereocenters. The minimum absolute atomic E-state index is 0.0673. The zero-order chi connectivity index (χ0) is 20.6. The molecule has 3 aromatic rings. The van der Waals surface area contributed by atoms with Crippen LogP contribution in [0.1, 0.15) is 58.9 Å². The minimum Gasteiger partial charge on any atom is -0.456 e. The highest BCUT2D eigenvalue weighted by Gasteiger charge is 2.53. The number of carbonyl (C=O) groups is 1. The fourth-order valence-corrected chi connectivity index (χ4v) is 4.32. The molecule has 0 bridgehead atoms. The van der Waals surface area contributed by atoms with E-state index in [-0.39, 0.29) is 11.4 Å². The van der Waals surface area contributed by atoms with Crippen LogP contribution >= 0.6 is 0 Å². The molecule has 4 heteroatoms. The molecule has 0 amide bonds. The molecule has 1 spiro atoms. The van der Waals surface area contributed by atoms with Crippen LogP contribution in [0.4, 0.5) is 5.69 Å². The van der Waals surface area contributed by atoms with Gasteiger partial charge in [-0.1, -0.05) is 45.0 Å². The third-order valence-electron chi connectivity index (χ3n) is 5.85. The van der Waals surface area contributed by atoms with Crippen molar-refractivity contribution < 1.29 is 14.3 Å². The number of hydrogen-bond acceptors (Lipinski definition) is 4. The van der Waals surface area contributed by atoms with Gasteiger partial charge in [0.2, 0.25) is 0 Å². The monoisotopic (exact) mass is 385 g/mol. The van der Waals surface area contributed by atoms with Crippen molar-refractivity contribution in [3.8, 4) is 11.5 Å². The maximum atomic E-state index is 13.1. The van der Waals surface area contributed by atoms with Crippen molar-refractivity contribution in [2.24, 2.45) is 0 Å². The Kier molecular flexibility index (Phi) is 3.46. The minimum atomic E-state index is -1.03. The summed E-state index contributed by atoms with van der Waals surface area (Å²) in [5, 5.41) is 0. The molecule has 2 heterocycles. The van der Waals surface area contributed by atoms with Gasteiger partial charge in [-0.15, -0.1) is 0 Å². The van der Waals surface area contributed by atoms with Crippen LogP contribution in [-0.2, 0) is 15.8 Å². The molecule has 0 aliphatic carbocycles. The standard InChI is InChI=1S/C25H23NO3/c1-14-5-8-19-21(11-14)28-22-13-16(26)7-10-20(22)25(19)18-9-6-15(24(2,3)4)12-17(18)23(27)29-25/h5-13H,26H2,1-4H3. The number of hydrogen-bond donors (Lipinski definition) is 1. The molecule has 0 aromatic heterocycles. The maximum Gasteiger partial charge on any atom is 0.340 e. The fourth-order valence-electron chi connectivity index (χ4n) is 4.32. The molecule has 2 aliphatic heterocycles. The van der Waals surface area contributed by atoms with Crippen molar-refractivity contribution in [2.75, 3.05) is 5.73 Å². The number of benzene rings is 3. The molecule has 2 N–H and O–H groups in total. The Balaban J connectivity index is 1.84. The van der Waals surface area contributed by atoms with E-state index in [1.807, 2.05) is 49.4 Å². The number of ether oxygens (including phenoxy) is 2. The van der Waals surface area contributed by atoms with Crippen LogP contribution in [0.25, 0.3) is 0 Å². The number of carbonyl (C=O) groups excluding carboxylic acids is 1. The Labute approximate surface area is 170 Å². The van der Waals surface area contributed by atoms with Crippen LogP contribution in [0.3, 0.4) is 0 Å². The van der Waals surface area contributed by atoms with Crippen molar-refractivity contribution in [1.82, 2.24) is 0 Å². The van der Waals surface area contributed by atoms with Crippen molar-refractivity contribution in [2.45, 2.75) is 38.7 Å². The summed E-state index contributed by atoms with van der Waals surface area (Å²) in [4.78, 5) is 13.1. The van der Waals surface area contributed by atoms with Crippen LogP contribution in [-0.4, -0.2) is 5.97 Å². The second kappa shape index (κ2) is 5.63. The van der Waals surface area contributed by atoms with E-state index in [1.54, 1.807) is 6.07 Å². The molecule has 2 aliphatic rings. The number of esters is 1. The summed E-state index contributed by atoms with van der Waals surface area (Å²) in [6.45, 7) is 8.41. The van der Waals surface area contributed by atoms with Gasteiger partial charge < -0.3 is 15.2 Å². The summed E-state index contributed by atoms with van der Waals surface area (Å²) < 4.78 is 12.4. The van der Waals surface area contributed by atoms with Gasteiger partial charge in [-0.25, -0.2) is 4.79 Å². The molecule has 5 rings (SSSR count). The van der Waals surface area contributed by atoms with E-state index in [4.69, 9.17) is 15.2 Å². The van der Waals surface area contributed by atoms with Crippen LogP contribution in [0.2, 0.25) is 0 Å². The highest BCUT2D eigenvalue weighted by Crippen LogP contribution is 2.56. The summed E-state index contributed by atoms with van der Waals surface area (Å²) in [7, 11) is 0. The van der Waals surface area contributed by atoms with E-state index in [0.717, 1.165) is 27.8 Å². The van der Waals surface area contributed by atoms with Crippen molar-refractivity contribution in [3.05, 3.63) is 88.0 Å². The third-order valence-corrected chi connectivity index (χ3v) is 5.85. The van der Waals surface area contributed by atoms with E-state index in [1.165, 1.54) is 0 Å². The first-order valence-corrected chi connectivity index (χ1v) is 9.77. The normalized spacial score (nSPS) is 19.2. The van der Waals surface area contributed by atoms with Gasteiger partial charge in [0.1, 0.15) is 11.5 Å². The van der Waals surface area contributed by atoms with Crippen molar-refractivity contribution in [1.29, 1.82) is 0 Å². The van der Waals surface area contributed by atoms with Crippen LogP contribution < -0.4 is 10.5 Å². The predicted octanol–water partition coefficient (Wildman–Crippen LogP) is 5.44. The van der Waals surface area contributed by atoms with Crippen LogP contribution in [0.15, 0.2) is 54.6 Å². The number of nitrogens with two attached hydrogens (primary N) is 1. The third kappa shape index (κ3) is 2.42.